The van der Waals surface area contributed by atoms with Crippen molar-refractivity contribution in [1.82, 2.24) is 29.3 Å². The largest absolute Gasteiger partial charge is 0.494 e. The van der Waals surface area contributed by atoms with Crippen LogP contribution in [0, 0.1) is 11.8 Å². The number of fused-ring (bicyclic) bond motifs is 4. The molecular formula is C31H37N7O2. The number of hydrogen-bond acceptors (Lipinski definition) is 6. The van der Waals surface area contributed by atoms with E-state index in [2.05, 4.69) is 32.7 Å². The normalized spacial score (nSPS) is 26.0. The van der Waals surface area contributed by atoms with Gasteiger partial charge in [-0.25, -0.2) is 9.97 Å². The summed E-state index contributed by atoms with van der Waals surface area (Å²) < 4.78 is 10.3. The lowest BCUT2D eigenvalue weighted by Crippen LogP contribution is -2.41. The van der Waals surface area contributed by atoms with Crippen molar-refractivity contribution < 1.29 is 9.53 Å². The fourth-order valence-corrected chi connectivity index (χ4v) is 7.47. The zero-order chi connectivity index (χ0) is 27.1. The van der Waals surface area contributed by atoms with Gasteiger partial charge in [0, 0.05) is 61.3 Å². The van der Waals surface area contributed by atoms with E-state index in [4.69, 9.17) is 20.4 Å². The first-order valence-corrected chi connectivity index (χ1v) is 14.8. The van der Waals surface area contributed by atoms with Crippen LogP contribution in [-0.4, -0.2) is 68.7 Å². The second kappa shape index (κ2) is 9.04. The summed E-state index contributed by atoms with van der Waals surface area (Å²) in [5.41, 5.74) is 12.0. The molecule has 4 fully saturated rings. The quantitative estimate of drug-likeness (QED) is 0.388. The molecule has 3 unspecified atom stereocenters. The van der Waals surface area contributed by atoms with Crippen molar-refractivity contribution in [2.75, 3.05) is 26.7 Å². The molecule has 2 saturated carbocycles. The Bertz CT molecular complexity index is 1640. The predicted octanol–water partition coefficient (Wildman–Crippen LogP) is 3.65. The molecule has 1 aromatic carbocycles. The Labute approximate surface area is 233 Å². The van der Waals surface area contributed by atoms with Crippen molar-refractivity contribution in [3.05, 3.63) is 41.6 Å². The summed E-state index contributed by atoms with van der Waals surface area (Å²) in [4.78, 5) is 26.0. The predicted molar refractivity (Wildman–Crippen MR) is 154 cm³/mol. The van der Waals surface area contributed by atoms with Gasteiger partial charge in [0.25, 0.3) is 5.91 Å². The molecule has 4 aliphatic rings. The number of imidazole rings is 1. The van der Waals surface area contributed by atoms with Crippen molar-refractivity contribution in [3.8, 4) is 17.3 Å². The van der Waals surface area contributed by atoms with E-state index >= 15 is 0 Å². The van der Waals surface area contributed by atoms with Crippen LogP contribution in [0.3, 0.4) is 0 Å². The molecule has 8 rings (SSSR count). The third-order valence-corrected chi connectivity index (χ3v) is 9.93. The van der Waals surface area contributed by atoms with Crippen molar-refractivity contribution in [2.24, 2.45) is 24.6 Å². The number of rotatable bonds is 6. The lowest BCUT2D eigenvalue weighted by atomic mass is 10.0. The molecule has 2 aliphatic heterocycles. The van der Waals surface area contributed by atoms with Gasteiger partial charge in [-0.15, -0.1) is 0 Å². The fourth-order valence-electron chi connectivity index (χ4n) is 7.47. The molecule has 4 atom stereocenters. The monoisotopic (exact) mass is 539 g/mol. The summed E-state index contributed by atoms with van der Waals surface area (Å²) >= 11 is 0. The molecular weight excluding hydrogens is 502 g/mol. The highest BCUT2D eigenvalue weighted by Gasteiger charge is 2.47. The van der Waals surface area contributed by atoms with Gasteiger partial charge < -0.3 is 29.8 Å². The first kappa shape index (κ1) is 24.4. The highest BCUT2D eigenvalue weighted by molar-refractivity contribution is 6.00. The molecule has 2 saturated heterocycles. The smallest absolute Gasteiger partial charge is 0.254 e. The maximum absolute atomic E-state index is 13.7. The second-order valence-electron chi connectivity index (χ2n) is 12.4. The number of nitrogens with two attached hydrogens (primary N) is 1. The average Bonchev–Trinajstić information content (AvgIpc) is 3.34. The van der Waals surface area contributed by atoms with E-state index in [1.165, 1.54) is 18.5 Å². The Morgan fingerprint density at radius 2 is 2.00 bits per heavy atom. The Kier molecular flexibility index (Phi) is 5.51. The number of hydrogen-bond donors (Lipinski definition) is 2. The van der Waals surface area contributed by atoms with Gasteiger partial charge in [0.2, 0.25) is 0 Å². The maximum atomic E-state index is 13.7. The van der Waals surface area contributed by atoms with Crippen LogP contribution in [0.2, 0.25) is 0 Å². The van der Waals surface area contributed by atoms with E-state index in [-0.39, 0.29) is 18.0 Å². The number of amides is 1. The Morgan fingerprint density at radius 3 is 2.70 bits per heavy atom. The third kappa shape index (κ3) is 3.70. The fraction of sp³-hybridized carbons (Fsp3) is 0.516. The van der Waals surface area contributed by atoms with Crippen LogP contribution >= 0.6 is 0 Å². The zero-order valence-electron chi connectivity index (χ0n) is 23.3. The number of benzene rings is 1. The van der Waals surface area contributed by atoms with Crippen LogP contribution in [0.25, 0.3) is 33.6 Å². The number of carbonyl (C=O) groups excluding carboxylic acids is 1. The Hall–Kier alpha value is -3.43. The number of nitrogens with one attached hydrogen (secondary N) is 1. The number of piperidine rings is 1. The molecule has 3 aromatic heterocycles. The third-order valence-electron chi connectivity index (χ3n) is 9.93. The summed E-state index contributed by atoms with van der Waals surface area (Å²) in [5, 5.41) is 4.61. The molecule has 4 aromatic rings. The van der Waals surface area contributed by atoms with Crippen LogP contribution in [0.1, 0.15) is 54.1 Å². The van der Waals surface area contributed by atoms with E-state index < -0.39 is 0 Å². The SMILES string of the molecule is COc1cc(C(=O)N2CC3CCC2[C@@H]3N)cc2nc(-c3cc4ccc(C5CCNC5)nc4n3CC3CC3)n(C)c12. The lowest BCUT2D eigenvalue weighted by Gasteiger charge is -2.27. The minimum atomic E-state index is 0.0241. The lowest BCUT2D eigenvalue weighted by molar-refractivity contribution is 0.0700. The standard InChI is InChI=1S/C31H37N7O2/c1-36-28-23(11-21(13-26(28)40-2)31(39)38-16-20-6-8-24(38)27(20)32)35-30(36)25-12-18-5-7-22(19-9-10-33-14-19)34-29(18)37(25)15-17-3-4-17/h5,7,11-13,17,19-20,24,27,33H,3-4,6,8-10,14-16,32H2,1-2H3/t19?,20?,24?,27-/m1/s1. The van der Waals surface area contributed by atoms with E-state index in [1.807, 2.05) is 24.1 Å². The summed E-state index contributed by atoms with van der Waals surface area (Å²) in [6.07, 6.45) is 5.75. The number of aromatic nitrogens is 4. The highest BCUT2D eigenvalue weighted by atomic mass is 16.5. The molecule has 9 heteroatoms. The van der Waals surface area contributed by atoms with E-state index in [0.29, 0.717) is 29.1 Å². The van der Waals surface area contributed by atoms with E-state index in [1.54, 1.807) is 7.11 Å². The molecule has 0 spiro atoms. The maximum Gasteiger partial charge on any atom is 0.254 e. The minimum Gasteiger partial charge on any atom is -0.494 e. The molecule has 3 N–H and O–H groups in total. The van der Waals surface area contributed by atoms with Crippen molar-refractivity contribution in [2.45, 2.75) is 56.7 Å². The van der Waals surface area contributed by atoms with Gasteiger partial charge in [-0.2, -0.15) is 0 Å². The molecule has 1 amide bonds. The first-order chi connectivity index (χ1) is 19.5. The summed E-state index contributed by atoms with van der Waals surface area (Å²) in [6, 6.07) is 10.7. The van der Waals surface area contributed by atoms with Crippen molar-refractivity contribution in [1.29, 1.82) is 0 Å². The van der Waals surface area contributed by atoms with Gasteiger partial charge in [0.15, 0.2) is 5.82 Å². The van der Waals surface area contributed by atoms with Crippen LogP contribution in [0.15, 0.2) is 30.3 Å². The van der Waals surface area contributed by atoms with E-state index in [0.717, 1.165) is 79.0 Å². The molecule has 2 aliphatic carbocycles. The minimum absolute atomic E-state index is 0.0241. The summed E-state index contributed by atoms with van der Waals surface area (Å²) in [5.74, 6) is 3.11. The molecule has 208 valence electrons. The highest BCUT2D eigenvalue weighted by Crippen LogP contribution is 2.40. The van der Waals surface area contributed by atoms with Crippen LogP contribution < -0.4 is 15.8 Å². The topological polar surface area (TPSA) is 103 Å². The molecule has 9 nitrogen and oxygen atoms in total. The zero-order valence-corrected chi connectivity index (χ0v) is 23.3. The van der Waals surface area contributed by atoms with Gasteiger partial charge >= 0.3 is 0 Å². The van der Waals surface area contributed by atoms with Crippen LogP contribution in [-0.2, 0) is 13.6 Å². The van der Waals surface area contributed by atoms with Gasteiger partial charge in [-0.3, -0.25) is 4.79 Å². The number of nitrogens with zero attached hydrogens (tertiary/aromatic N) is 5. The number of methoxy groups -OCH3 is 1. The second-order valence-corrected chi connectivity index (χ2v) is 12.4. The molecule has 5 heterocycles. The molecule has 0 radical (unpaired) electrons. The Balaban J connectivity index is 1.23. The number of likely N-dealkylation sites (tertiary alicyclic amines) is 1. The number of aryl methyl sites for hydroxylation is 1. The van der Waals surface area contributed by atoms with Crippen LogP contribution in [0.4, 0.5) is 0 Å². The Morgan fingerprint density at radius 1 is 1.12 bits per heavy atom. The number of carbonyl (C=O) groups is 1. The van der Waals surface area contributed by atoms with Gasteiger partial charge in [-0.05, 0) is 80.8 Å². The molecule has 40 heavy (non-hydrogen) atoms. The van der Waals surface area contributed by atoms with Gasteiger partial charge in [-0.1, -0.05) is 0 Å². The van der Waals surface area contributed by atoms with Gasteiger partial charge in [0.1, 0.15) is 16.9 Å². The van der Waals surface area contributed by atoms with Gasteiger partial charge in [0.05, 0.1) is 18.3 Å². The van der Waals surface area contributed by atoms with Crippen LogP contribution in [0.5, 0.6) is 5.75 Å². The van der Waals surface area contributed by atoms with Crippen molar-refractivity contribution >= 4 is 28.0 Å². The summed E-state index contributed by atoms with van der Waals surface area (Å²) in [6.45, 7) is 3.73. The van der Waals surface area contributed by atoms with E-state index in [9.17, 15) is 4.79 Å². The number of ether oxygens (including phenoxy) is 1. The number of pyridine rings is 1. The summed E-state index contributed by atoms with van der Waals surface area (Å²) in [7, 11) is 3.70. The first-order valence-electron chi connectivity index (χ1n) is 14.8. The average molecular weight is 540 g/mol. The van der Waals surface area contributed by atoms with Crippen molar-refractivity contribution in [3.63, 3.8) is 0 Å². The molecule has 2 bridgehead atoms.